The number of aliphatic carboxylic acids is 1. The number of rotatable bonds is 6. The van der Waals surface area contributed by atoms with Crippen molar-refractivity contribution in [2.45, 2.75) is 59.7 Å². The summed E-state index contributed by atoms with van der Waals surface area (Å²) in [6.07, 6.45) is -0.312. The molecular weight excluding hydrogens is 220 g/mol. The summed E-state index contributed by atoms with van der Waals surface area (Å²) in [5.41, 5.74) is -0.183. The third-order valence-electron chi connectivity index (χ3n) is 3.24. The first-order valence-corrected chi connectivity index (χ1v) is 6.14. The van der Waals surface area contributed by atoms with E-state index >= 15 is 0 Å². The highest BCUT2D eigenvalue weighted by Crippen LogP contribution is 2.27. The van der Waals surface area contributed by atoms with Gasteiger partial charge < -0.3 is 15.3 Å². The third-order valence-corrected chi connectivity index (χ3v) is 3.24. The van der Waals surface area contributed by atoms with Crippen LogP contribution in [0.15, 0.2) is 0 Å². The van der Waals surface area contributed by atoms with Crippen molar-refractivity contribution in [3.63, 3.8) is 0 Å². The van der Waals surface area contributed by atoms with E-state index in [1.807, 2.05) is 27.7 Å². The molecule has 0 bridgehead atoms. The average Bonchev–Trinajstić information content (AvgIpc) is 2.14. The maximum Gasteiger partial charge on any atom is 0.308 e. The first-order chi connectivity index (χ1) is 7.55. The summed E-state index contributed by atoms with van der Waals surface area (Å²) in [6.45, 7) is 9.30. The van der Waals surface area contributed by atoms with Crippen molar-refractivity contribution in [2.24, 2.45) is 17.3 Å². The third kappa shape index (κ3) is 6.03. The Labute approximate surface area is 104 Å². The number of hydrogen-bond donors (Lipinski definition) is 3. The van der Waals surface area contributed by atoms with Crippen molar-refractivity contribution in [3.05, 3.63) is 0 Å². The summed E-state index contributed by atoms with van der Waals surface area (Å²) in [6, 6.07) is 0. The van der Waals surface area contributed by atoms with Gasteiger partial charge in [-0.1, -0.05) is 27.7 Å². The molecule has 0 rings (SSSR count). The molecule has 0 aliphatic heterocycles. The van der Waals surface area contributed by atoms with Gasteiger partial charge in [-0.15, -0.1) is 0 Å². The number of carbonyl (C=O) groups is 1. The SMILES string of the molecule is C[C@@H](C[C@H](O)[C@H](C)C(=O)O)C[C@H](O)C(C)(C)C. The van der Waals surface area contributed by atoms with Crippen molar-refractivity contribution in [3.8, 4) is 0 Å². The Morgan fingerprint density at radius 2 is 1.59 bits per heavy atom. The van der Waals surface area contributed by atoms with Gasteiger partial charge in [0.2, 0.25) is 0 Å². The first-order valence-electron chi connectivity index (χ1n) is 6.14. The van der Waals surface area contributed by atoms with Gasteiger partial charge in [0.1, 0.15) is 0 Å². The van der Waals surface area contributed by atoms with Crippen molar-refractivity contribution in [2.75, 3.05) is 0 Å². The molecule has 4 nitrogen and oxygen atoms in total. The molecule has 0 aromatic heterocycles. The minimum atomic E-state index is -0.985. The molecule has 0 heterocycles. The van der Waals surface area contributed by atoms with Crippen LogP contribution in [-0.2, 0) is 4.79 Å². The largest absolute Gasteiger partial charge is 0.481 e. The van der Waals surface area contributed by atoms with Crippen LogP contribution < -0.4 is 0 Å². The van der Waals surface area contributed by atoms with Gasteiger partial charge in [-0.25, -0.2) is 0 Å². The molecule has 0 fully saturated rings. The molecule has 102 valence electrons. The van der Waals surface area contributed by atoms with E-state index in [1.165, 1.54) is 6.92 Å². The molecule has 0 radical (unpaired) electrons. The quantitative estimate of drug-likeness (QED) is 0.669. The van der Waals surface area contributed by atoms with Crippen LogP contribution in [0, 0.1) is 17.3 Å². The minimum Gasteiger partial charge on any atom is -0.481 e. The Kier molecular flexibility index (Phi) is 6.13. The fourth-order valence-electron chi connectivity index (χ4n) is 1.61. The lowest BCUT2D eigenvalue weighted by Crippen LogP contribution is -2.31. The van der Waals surface area contributed by atoms with E-state index in [1.54, 1.807) is 0 Å². The van der Waals surface area contributed by atoms with Gasteiger partial charge in [-0.3, -0.25) is 4.79 Å². The zero-order valence-corrected chi connectivity index (χ0v) is 11.5. The van der Waals surface area contributed by atoms with Crippen LogP contribution in [0.1, 0.15) is 47.5 Å². The summed E-state index contributed by atoms with van der Waals surface area (Å²) < 4.78 is 0. The van der Waals surface area contributed by atoms with Crippen molar-refractivity contribution >= 4 is 5.97 Å². The van der Waals surface area contributed by atoms with Crippen LogP contribution in [0.5, 0.6) is 0 Å². The highest BCUT2D eigenvalue weighted by Gasteiger charge is 2.27. The molecule has 0 aromatic carbocycles. The Morgan fingerprint density at radius 1 is 1.12 bits per heavy atom. The zero-order chi connectivity index (χ0) is 13.8. The summed E-state index contributed by atoms with van der Waals surface area (Å²) in [5, 5.41) is 28.4. The lowest BCUT2D eigenvalue weighted by Gasteiger charge is -2.29. The topological polar surface area (TPSA) is 77.8 Å². The number of carboxylic acids is 1. The second-order valence-electron chi connectivity index (χ2n) is 6.15. The Bertz CT molecular complexity index is 244. The van der Waals surface area contributed by atoms with Gasteiger partial charge in [-0.05, 0) is 31.1 Å². The van der Waals surface area contributed by atoms with Crippen LogP contribution in [-0.4, -0.2) is 33.5 Å². The first kappa shape index (κ1) is 16.4. The fraction of sp³-hybridized carbons (Fsp3) is 0.923. The maximum atomic E-state index is 10.7. The average molecular weight is 246 g/mol. The van der Waals surface area contributed by atoms with Gasteiger partial charge in [0.15, 0.2) is 0 Å². The van der Waals surface area contributed by atoms with E-state index in [9.17, 15) is 15.0 Å². The maximum absolute atomic E-state index is 10.7. The Balaban J connectivity index is 4.19. The number of carboxylic acid groups (broad SMARTS) is 1. The second kappa shape index (κ2) is 6.36. The standard InChI is InChI=1S/C13H26O4/c1-8(7-11(15)13(3,4)5)6-10(14)9(2)12(16)17/h8-11,14-15H,6-7H2,1-5H3,(H,16,17)/t8-,9-,10-,11-/m0/s1. The fourth-order valence-corrected chi connectivity index (χ4v) is 1.61. The predicted octanol–water partition coefficient (Wildman–Crippen LogP) is 1.89. The molecular formula is C13H26O4. The molecule has 0 unspecified atom stereocenters. The highest BCUT2D eigenvalue weighted by molar-refractivity contribution is 5.70. The van der Waals surface area contributed by atoms with Gasteiger partial charge in [-0.2, -0.15) is 0 Å². The number of hydrogen-bond acceptors (Lipinski definition) is 3. The summed E-state index contributed by atoms with van der Waals surface area (Å²) in [4.78, 5) is 10.7. The molecule has 0 saturated carbocycles. The van der Waals surface area contributed by atoms with Gasteiger partial charge in [0, 0.05) is 0 Å². The predicted molar refractivity (Wildman–Crippen MR) is 66.7 cm³/mol. The van der Waals surface area contributed by atoms with Gasteiger partial charge in [0.05, 0.1) is 18.1 Å². The Hall–Kier alpha value is -0.610. The lowest BCUT2D eigenvalue weighted by atomic mass is 9.82. The van der Waals surface area contributed by atoms with Crippen molar-refractivity contribution in [1.82, 2.24) is 0 Å². The molecule has 0 amide bonds. The molecule has 3 N–H and O–H groups in total. The molecule has 17 heavy (non-hydrogen) atoms. The molecule has 0 spiro atoms. The van der Waals surface area contributed by atoms with Crippen LogP contribution in [0.4, 0.5) is 0 Å². The minimum absolute atomic E-state index is 0.0982. The molecule has 4 atom stereocenters. The number of aliphatic hydroxyl groups excluding tert-OH is 2. The second-order valence-corrected chi connectivity index (χ2v) is 6.15. The summed E-state index contributed by atoms with van der Waals surface area (Å²) in [7, 11) is 0. The highest BCUT2D eigenvalue weighted by atomic mass is 16.4. The molecule has 0 aromatic rings. The molecule has 0 aliphatic carbocycles. The Morgan fingerprint density at radius 3 is 1.94 bits per heavy atom. The lowest BCUT2D eigenvalue weighted by molar-refractivity contribution is -0.145. The van der Waals surface area contributed by atoms with E-state index in [4.69, 9.17) is 5.11 Å². The molecule has 4 heteroatoms. The normalized spacial score (nSPS) is 19.5. The number of aliphatic hydroxyl groups is 2. The van der Waals surface area contributed by atoms with Crippen LogP contribution in [0.25, 0.3) is 0 Å². The van der Waals surface area contributed by atoms with Crippen LogP contribution >= 0.6 is 0 Å². The zero-order valence-electron chi connectivity index (χ0n) is 11.5. The van der Waals surface area contributed by atoms with Crippen molar-refractivity contribution in [1.29, 1.82) is 0 Å². The van der Waals surface area contributed by atoms with E-state index in [0.29, 0.717) is 12.8 Å². The van der Waals surface area contributed by atoms with E-state index in [-0.39, 0.29) is 11.3 Å². The monoisotopic (exact) mass is 246 g/mol. The molecule has 0 aliphatic rings. The van der Waals surface area contributed by atoms with E-state index < -0.39 is 24.1 Å². The summed E-state index contributed by atoms with van der Waals surface area (Å²) in [5.74, 6) is -1.65. The summed E-state index contributed by atoms with van der Waals surface area (Å²) >= 11 is 0. The van der Waals surface area contributed by atoms with Gasteiger partial charge >= 0.3 is 5.97 Å². The van der Waals surface area contributed by atoms with Gasteiger partial charge in [0.25, 0.3) is 0 Å². The van der Waals surface area contributed by atoms with Crippen LogP contribution in [0.3, 0.4) is 0 Å². The smallest absolute Gasteiger partial charge is 0.308 e. The van der Waals surface area contributed by atoms with E-state index in [0.717, 1.165) is 0 Å². The molecule has 0 saturated heterocycles. The van der Waals surface area contributed by atoms with E-state index in [2.05, 4.69) is 0 Å². The van der Waals surface area contributed by atoms with Crippen LogP contribution in [0.2, 0.25) is 0 Å². The van der Waals surface area contributed by atoms with Crippen molar-refractivity contribution < 1.29 is 20.1 Å².